The standard InChI is InChI=1S/C22H27N3OS/c1-3-4-5-9-15-24(19-11-7-6-8-12-19)18(2)21(26)22-23-14-16-25(22)20-13-10-17-27-20/h6-8,10-14,16-18H,3-5,9,15H2,1-2H3/t18-/m0/s1. The molecule has 0 bridgehead atoms. The number of carbonyl (C=O) groups excluding carboxylic acids is 1. The van der Waals surface area contributed by atoms with E-state index in [2.05, 4.69) is 28.9 Å². The topological polar surface area (TPSA) is 38.1 Å². The monoisotopic (exact) mass is 381 g/mol. The van der Waals surface area contributed by atoms with Crippen LogP contribution in [0.15, 0.2) is 60.2 Å². The van der Waals surface area contributed by atoms with Gasteiger partial charge in [0.2, 0.25) is 5.78 Å². The highest BCUT2D eigenvalue weighted by Crippen LogP contribution is 2.22. The molecular formula is C22H27N3OS. The van der Waals surface area contributed by atoms with Crippen molar-refractivity contribution in [3.05, 3.63) is 66.1 Å². The molecule has 0 saturated heterocycles. The van der Waals surface area contributed by atoms with E-state index in [9.17, 15) is 4.79 Å². The molecule has 0 aliphatic heterocycles. The Morgan fingerprint density at radius 1 is 1.15 bits per heavy atom. The van der Waals surface area contributed by atoms with Crippen LogP contribution in [0.3, 0.4) is 0 Å². The summed E-state index contributed by atoms with van der Waals surface area (Å²) in [6.07, 6.45) is 8.27. The van der Waals surface area contributed by atoms with Gasteiger partial charge >= 0.3 is 0 Å². The minimum Gasteiger partial charge on any atom is -0.361 e. The summed E-state index contributed by atoms with van der Waals surface area (Å²) in [4.78, 5) is 19.9. The van der Waals surface area contributed by atoms with Crippen LogP contribution in [0.5, 0.6) is 0 Å². The summed E-state index contributed by atoms with van der Waals surface area (Å²) in [5.74, 6) is 0.548. The van der Waals surface area contributed by atoms with E-state index in [1.807, 2.05) is 53.4 Å². The first-order chi connectivity index (χ1) is 13.2. The zero-order chi connectivity index (χ0) is 19.1. The number of Topliss-reactive ketones (excluding diaryl/α,β-unsaturated/α-hetero) is 1. The van der Waals surface area contributed by atoms with Crippen molar-refractivity contribution in [1.29, 1.82) is 0 Å². The second kappa shape index (κ2) is 9.51. The average Bonchev–Trinajstić information content (AvgIpc) is 3.39. The predicted molar refractivity (Wildman–Crippen MR) is 113 cm³/mol. The SMILES string of the molecule is CCCCCCN(c1ccccc1)[C@@H](C)C(=O)c1nccn1-c1cccs1. The number of imidazole rings is 1. The van der Waals surface area contributed by atoms with Crippen LogP contribution in [-0.4, -0.2) is 27.9 Å². The Hall–Kier alpha value is -2.40. The van der Waals surface area contributed by atoms with Crippen LogP contribution in [-0.2, 0) is 0 Å². The fraction of sp³-hybridized carbons (Fsp3) is 0.364. The molecule has 142 valence electrons. The molecule has 1 aromatic carbocycles. The Kier molecular flexibility index (Phi) is 6.82. The molecule has 0 unspecified atom stereocenters. The molecule has 1 atom stereocenters. The van der Waals surface area contributed by atoms with Gasteiger partial charge in [0.25, 0.3) is 0 Å². The van der Waals surface area contributed by atoms with Crippen LogP contribution in [0.4, 0.5) is 5.69 Å². The van der Waals surface area contributed by atoms with Crippen molar-refractivity contribution in [3.8, 4) is 5.00 Å². The largest absolute Gasteiger partial charge is 0.361 e. The summed E-state index contributed by atoms with van der Waals surface area (Å²) in [5, 5.41) is 3.02. The number of ketones is 1. The molecule has 3 rings (SSSR count). The number of para-hydroxylation sites is 1. The minimum atomic E-state index is -0.268. The number of aromatic nitrogens is 2. The molecule has 3 aromatic rings. The zero-order valence-corrected chi connectivity index (χ0v) is 16.9. The third kappa shape index (κ3) is 4.66. The lowest BCUT2D eigenvalue weighted by Crippen LogP contribution is -2.40. The number of benzene rings is 1. The van der Waals surface area contributed by atoms with E-state index in [1.54, 1.807) is 17.5 Å². The van der Waals surface area contributed by atoms with Crippen LogP contribution in [0.25, 0.3) is 5.00 Å². The number of unbranched alkanes of at least 4 members (excludes halogenated alkanes) is 3. The lowest BCUT2D eigenvalue weighted by molar-refractivity contribution is 0.0952. The summed E-state index contributed by atoms with van der Waals surface area (Å²) in [6.45, 7) is 5.07. The normalized spacial score (nSPS) is 12.1. The molecule has 0 aliphatic rings. The second-order valence-corrected chi connectivity index (χ2v) is 7.63. The van der Waals surface area contributed by atoms with Gasteiger partial charge in [0, 0.05) is 24.6 Å². The highest BCUT2D eigenvalue weighted by Gasteiger charge is 2.26. The third-order valence-corrected chi connectivity index (χ3v) is 5.66. The first-order valence-electron chi connectivity index (χ1n) is 9.65. The van der Waals surface area contributed by atoms with Gasteiger partial charge in [-0.05, 0) is 43.0 Å². The number of anilines is 1. The first-order valence-corrected chi connectivity index (χ1v) is 10.5. The number of rotatable bonds is 10. The van der Waals surface area contributed by atoms with Crippen LogP contribution in [0, 0.1) is 0 Å². The fourth-order valence-corrected chi connectivity index (χ4v) is 3.99. The maximum atomic E-state index is 13.3. The Labute approximate surface area is 165 Å². The maximum absolute atomic E-state index is 13.3. The molecule has 5 heteroatoms. The van der Waals surface area contributed by atoms with Gasteiger partial charge in [-0.1, -0.05) is 44.4 Å². The average molecular weight is 382 g/mol. The van der Waals surface area contributed by atoms with Gasteiger partial charge in [-0.25, -0.2) is 4.98 Å². The number of carbonyl (C=O) groups is 1. The molecule has 0 spiro atoms. The van der Waals surface area contributed by atoms with E-state index in [1.165, 1.54) is 19.3 Å². The van der Waals surface area contributed by atoms with Crippen LogP contribution < -0.4 is 4.90 Å². The summed E-state index contributed by atoms with van der Waals surface area (Å²) in [5.41, 5.74) is 1.09. The maximum Gasteiger partial charge on any atom is 0.220 e. The van der Waals surface area contributed by atoms with Gasteiger partial charge < -0.3 is 4.90 Å². The molecule has 27 heavy (non-hydrogen) atoms. The van der Waals surface area contributed by atoms with Crippen molar-refractivity contribution in [2.75, 3.05) is 11.4 Å². The Morgan fingerprint density at radius 2 is 1.96 bits per heavy atom. The van der Waals surface area contributed by atoms with Gasteiger partial charge in [0.1, 0.15) is 5.00 Å². The molecule has 2 aromatic heterocycles. The van der Waals surface area contributed by atoms with E-state index < -0.39 is 0 Å². The minimum absolute atomic E-state index is 0.0488. The van der Waals surface area contributed by atoms with E-state index in [0.717, 1.165) is 23.7 Å². The Morgan fingerprint density at radius 3 is 2.67 bits per heavy atom. The molecule has 0 fully saturated rings. The lowest BCUT2D eigenvalue weighted by atomic mass is 10.1. The lowest BCUT2D eigenvalue weighted by Gasteiger charge is -2.30. The first kappa shape index (κ1) is 19.4. The summed E-state index contributed by atoms with van der Waals surface area (Å²) in [6, 6.07) is 13.9. The van der Waals surface area contributed by atoms with Crippen molar-refractivity contribution in [2.24, 2.45) is 0 Å². The summed E-state index contributed by atoms with van der Waals surface area (Å²) >= 11 is 1.61. The van der Waals surface area contributed by atoms with Crippen LogP contribution >= 0.6 is 11.3 Å². The van der Waals surface area contributed by atoms with Crippen molar-refractivity contribution in [1.82, 2.24) is 9.55 Å². The summed E-state index contributed by atoms with van der Waals surface area (Å²) < 4.78 is 1.89. The quantitative estimate of drug-likeness (QED) is 0.339. The van der Waals surface area contributed by atoms with Crippen molar-refractivity contribution in [3.63, 3.8) is 0 Å². The van der Waals surface area contributed by atoms with E-state index >= 15 is 0 Å². The highest BCUT2D eigenvalue weighted by atomic mass is 32.1. The van der Waals surface area contributed by atoms with E-state index in [-0.39, 0.29) is 11.8 Å². The molecular weight excluding hydrogens is 354 g/mol. The summed E-state index contributed by atoms with van der Waals surface area (Å²) in [7, 11) is 0. The van der Waals surface area contributed by atoms with Gasteiger partial charge in [0.05, 0.1) is 6.04 Å². The molecule has 0 N–H and O–H groups in total. The molecule has 2 heterocycles. The zero-order valence-electron chi connectivity index (χ0n) is 16.0. The number of hydrogen-bond donors (Lipinski definition) is 0. The van der Waals surface area contributed by atoms with Crippen molar-refractivity contribution < 1.29 is 4.79 Å². The van der Waals surface area contributed by atoms with Gasteiger partial charge in [-0.3, -0.25) is 9.36 Å². The predicted octanol–water partition coefficient (Wildman–Crippen LogP) is 5.59. The number of nitrogens with zero attached hydrogens (tertiary/aromatic N) is 3. The van der Waals surface area contributed by atoms with Gasteiger partial charge in [-0.15, -0.1) is 11.3 Å². The van der Waals surface area contributed by atoms with Gasteiger partial charge in [0.15, 0.2) is 5.82 Å². The van der Waals surface area contributed by atoms with E-state index in [0.29, 0.717) is 5.82 Å². The Balaban J connectivity index is 1.82. The fourth-order valence-electron chi connectivity index (χ4n) is 3.27. The van der Waals surface area contributed by atoms with Crippen LogP contribution in [0.2, 0.25) is 0 Å². The number of thiophene rings is 1. The molecule has 4 nitrogen and oxygen atoms in total. The van der Waals surface area contributed by atoms with Crippen molar-refractivity contribution in [2.45, 2.75) is 45.6 Å². The molecule has 0 amide bonds. The van der Waals surface area contributed by atoms with Crippen LogP contribution in [0.1, 0.15) is 50.1 Å². The molecule has 0 aliphatic carbocycles. The molecule has 0 saturated carbocycles. The third-order valence-electron chi connectivity index (χ3n) is 4.79. The number of hydrogen-bond acceptors (Lipinski definition) is 4. The second-order valence-electron chi connectivity index (χ2n) is 6.70. The highest BCUT2D eigenvalue weighted by molar-refractivity contribution is 7.12. The smallest absolute Gasteiger partial charge is 0.220 e. The molecule has 0 radical (unpaired) electrons. The Bertz CT molecular complexity index is 826. The van der Waals surface area contributed by atoms with Crippen molar-refractivity contribution >= 4 is 22.8 Å². The van der Waals surface area contributed by atoms with Gasteiger partial charge in [-0.2, -0.15) is 0 Å². The van der Waals surface area contributed by atoms with E-state index in [4.69, 9.17) is 0 Å².